The van der Waals surface area contributed by atoms with E-state index in [9.17, 15) is 14.4 Å². The van der Waals surface area contributed by atoms with E-state index < -0.39 is 17.7 Å². The van der Waals surface area contributed by atoms with Crippen LogP contribution >= 0.6 is 0 Å². The van der Waals surface area contributed by atoms with E-state index in [4.69, 9.17) is 9.47 Å². The van der Waals surface area contributed by atoms with Crippen molar-refractivity contribution in [2.45, 2.75) is 20.3 Å². The number of benzene rings is 1. The predicted molar refractivity (Wildman–Crippen MR) is 68.0 cm³/mol. The molecule has 0 saturated carbocycles. The van der Waals surface area contributed by atoms with Crippen LogP contribution in [0, 0.1) is 0 Å². The predicted octanol–water partition coefficient (Wildman–Crippen LogP) is 2.00. The van der Waals surface area contributed by atoms with Crippen molar-refractivity contribution < 1.29 is 23.9 Å². The molecule has 0 aliphatic carbocycles. The number of hydrogen-bond donors (Lipinski definition) is 0. The summed E-state index contributed by atoms with van der Waals surface area (Å²) in [6.07, 6.45) is -0.385. The Labute approximate surface area is 111 Å². The minimum atomic E-state index is -0.605. The number of esters is 2. The molecule has 1 aromatic rings. The van der Waals surface area contributed by atoms with E-state index in [1.807, 2.05) is 0 Å². The third-order valence-electron chi connectivity index (χ3n) is 2.33. The van der Waals surface area contributed by atoms with Crippen LogP contribution in [0.15, 0.2) is 24.3 Å². The maximum Gasteiger partial charge on any atom is 0.338 e. The van der Waals surface area contributed by atoms with E-state index >= 15 is 0 Å². The lowest BCUT2D eigenvalue weighted by molar-refractivity contribution is -0.141. The molecule has 0 heterocycles. The van der Waals surface area contributed by atoms with Gasteiger partial charge in [-0.3, -0.25) is 9.59 Å². The molecule has 0 spiro atoms. The Kier molecular flexibility index (Phi) is 5.73. The summed E-state index contributed by atoms with van der Waals surface area (Å²) < 4.78 is 9.57. The maximum atomic E-state index is 12.0. The first kappa shape index (κ1) is 14.9. The molecule has 0 unspecified atom stereocenters. The van der Waals surface area contributed by atoms with Crippen LogP contribution < -0.4 is 0 Å². The van der Waals surface area contributed by atoms with Crippen LogP contribution in [-0.2, 0) is 14.3 Å². The average molecular weight is 264 g/mol. The first-order chi connectivity index (χ1) is 9.10. The zero-order valence-corrected chi connectivity index (χ0v) is 11.0. The van der Waals surface area contributed by atoms with Crippen LogP contribution in [0.25, 0.3) is 0 Å². The third-order valence-corrected chi connectivity index (χ3v) is 2.33. The van der Waals surface area contributed by atoms with Crippen molar-refractivity contribution in [3.8, 4) is 0 Å². The first-order valence-electron chi connectivity index (χ1n) is 6.05. The normalized spacial score (nSPS) is 9.79. The second-order valence-corrected chi connectivity index (χ2v) is 3.67. The quantitative estimate of drug-likeness (QED) is 0.446. The highest BCUT2D eigenvalue weighted by Gasteiger charge is 2.19. The highest BCUT2D eigenvalue weighted by atomic mass is 16.5. The summed E-state index contributed by atoms with van der Waals surface area (Å²) in [4.78, 5) is 34.9. The number of rotatable bonds is 6. The van der Waals surface area contributed by atoms with Gasteiger partial charge in [0.15, 0.2) is 5.78 Å². The summed E-state index contributed by atoms with van der Waals surface area (Å²) in [6, 6.07) is 6.25. The molecule has 0 amide bonds. The van der Waals surface area contributed by atoms with Crippen molar-refractivity contribution in [1.29, 1.82) is 0 Å². The minimum Gasteiger partial charge on any atom is -0.466 e. The Morgan fingerprint density at radius 1 is 0.947 bits per heavy atom. The van der Waals surface area contributed by atoms with Gasteiger partial charge in [0.25, 0.3) is 0 Å². The van der Waals surface area contributed by atoms with E-state index in [1.54, 1.807) is 26.0 Å². The summed E-state index contributed by atoms with van der Waals surface area (Å²) in [5.41, 5.74) is 0.340. The van der Waals surface area contributed by atoms with Crippen LogP contribution in [0.2, 0.25) is 0 Å². The third kappa shape index (κ3) is 4.21. The van der Waals surface area contributed by atoms with Gasteiger partial charge >= 0.3 is 11.9 Å². The lowest BCUT2D eigenvalue weighted by Gasteiger charge is -2.07. The monoisotopic (exact) mass is 264 g/mol. The Bertz CT molecular complexity index is 478. The maximum absolute atomic E-state index is 12.0. The van der Waals surface area contributed by atoms with Crippen molar-refractivity contribution in [3.63, 3.8) is 0 Å². The van der Waals surface area contributed by atoms with Gasteiger partial charge in [-0.15, -0.1) is 0 Å². The fourth-order valence-electron chi connectivity index (χ4n) is 1.55. The Morgan fingerprint density at radius 2 is 1.53 bits per heavy atom. The van der Waals surface area contributed by atoms with Gasteiger partial charge in [-0.2, -0.15) is 0 Å². The Hall–Kier alpha value is -2.17. The highest BCUT2D eigenvalue weighted by molar-refractivity contribution is 6.11. The lowest BCUT2D eigenvalue weighted by Crippen LogP contribution is -2.16. The molecular formula is C14H16O5. The molecule has 0 saturated heterocycles. The fraction of sp³-hybridized carbons (Fsp3) is 0.357. The molecule has 0 aliphatic rings. The summed E-state index contributed by atoms with van der Waals surface area (Å²) >= 11 is 0. The molecular weight excluding hydrogens is 248 g/mol. The largest absolute Gasteiger partial charge is 0.466 e. The summed E-state index contributed by atoms with van der Waals surface area (Å²) in [7, 11) is 0. The Morgan fingerprint density at radius 3 is 2.11 bits per heavy atom. The van der Waals surface area contributed by atoms with E-state index in [2.05, 4.69) is 0 Å². The van der Waals surface area contributed by atoms with Crippen molar-refractivity contribution in [2.24, 2.45) is 0 Å². The average Bonchev–Trinajstić information content (AvgIpc) is 2.39. The van der Waals surface area contributed by atoms with Crippen molar-refractivity contribution in [1.82, 2.24) is 0 Å². The summed E-state index contributed by atoms with van der Waals surface area (Å²) in [5.74, 6) is -1.64. The van der Waals surface area contributed by atoms with Gasteiger partial charge in [0.05, 0.1) is 18.8 Å². The molecule has 0 fully saturated rings. The van der Waals surface area contributed by atoms with Crippen molar-refractivity contribution >= 4 is 17.7 Å². The van der Waals surface area contributed by atoms with Crippen molar-refractivity contribution in [2.75, 3.05) is 13.2 Å². The number of Topliss-reactive ketones (excluding diaryl/α,β-unsaturated/α-hetero) is 1. The topological polar surface area (TPSA) is 69.7 Å². The van der Waals surface area contributed by atoms with E-state index in [-0.39, 0.29) is 30.8 Å². The Balaban J connectivity index is 2.90. The van der Waals surface area contributed by atoms with Crippen molar-refractivity contribution in [3.05, 3.63) is 35.4 Å². The smallest absolute Gasteiger partial charge is 0.338 e. The highest BCUT2D eigenvalue weighted by Crippen LogP contribution is 2.13. The van der Waals surface area contributed by atoms with Gasteiger partial charge in [0.2, 0.25) is 0 Å². The molecule has 0 N–H and O–H groups in total. The number of hydrogen-bond acceptors (Lipinski definition) is 5. The van der Waals surface area contributed by atoms with E-state index in [0.717, 1.165) is 0 Å². The van der Waals surface area contributed by atoms with Crippen LogP contribution in [0.1, 0.15) is 41.0 Å². The van der Waals surface area contributed by atoms with Crippen LogP contribution in [0.4, 0.5) is 0 Å². The molecule has 1 aromatic carbocycles. The minimum absolute atomic E-state index is 0.165. The molecule has 5 heteroatoms. The number of ether oxygens (including phenoxy) is 2. The van der Waals surface area contributed by atoms with Gasteiger partial charge in [-0.05, 0) is 19.9 Å². The van der Waals surface area contributed by atoms with Gasteiger partial charge in [0, 0.05) is 5.56 Å². The molecule has 19 heavy (non-hydrogen) atoms. The fourth-order valence-corrected chi connectivity index (χ4v) is 1.55. The lowest BCUT2D eigenvalue weighted by atomic mass is 10.0. The standard InChI is InChI=1S/C14H16O5/c1-3-18-13(16)9-12(15)10-7-5-6-8-11(10)14(17)19-4-2/h5-8H,3-4,9H2,1-2H3. The van der Waals surface area contributed by atoms with Gasteiger partial charge in [-0.1, -0.05) is 18.2 Å². The molecule has 0 atom stereocenters. The van der Waals surface area contributed by atoms with Gasteiger partial charge in [-0.25, -0.2) is 4.79 Å². The SMILES string of the molecule is CCOC(=O)CC(=O)c1ccccc1C(=O)OCC. The zero-order chi connectivity index (χ0) is 14.3. The van der Waals surface area contributed by atoms with Crippen LogP contribution in [-0.4, -0.2) is 30.9 Å². The zero-order valence-electron chi connectivity index (χ0n) is 11.0. The van der Waals surface area contributed by atoms with Crippen LogP contribution in [0.5, 0.6) is 0 Å². The van der Waals surface area contributed by atoms with E-state index in [1.165, 1.54) is 12.1 Å². The molecule has 102 valence electrons. The van der Waals surface area contributed by atoms with Gasteiger partial charge < -0.3 is 9.47 Å². The van der Waals surface area contributed by atoms with Gasteiger partial charge in [0.1, 0.15) is 6.42 Å². The summed E-state index contributed by atoms with van der Waals surface area (Å²) in [5, 5.41) is 0. The first-order valence-corrected chi connectivity index (χ1v) is 6.05. The number of ketones is 1. The molecule has 0 aliphatic heterocycles. The van der Waals surface area contributed by atoms with Crippen LogP contribution in [0.3, 0.4) is 0 Å². The molecule has 0 aromatic heterocycles. The number of carbonyl (C=O) groups is 3. The summed E-state index contributed by atoms with van der Waals surface area (Å²) in [6.45, 7) is 3.78. The molecule has 5 nitrogen and oxygen atoms in total. The second-order valence-electron chi connectivity index (χ2n) is 3.67. The van der Waals surface area contributed by atoms with E-state index in [0.29, 0.717) is 0 Å². The molecule has 0 bridgehead atoms. The molecule has 1 rings (SSSR count). The molecule has 0 radical (unpaired) electrons. The second kappa shape index (κ2) is 7.31. The number of carbonyl (C=O) groups excluding carboxylic acids is 3.